The van der Waals surface area contributed by atoms with Crippen molar-refractivity contribution in [2.75, 3.05) is 4.90 Å². The first kappa shape index (κ1) is 15.9. The number of fused-ring (bicyclic) bond motifs is 1. The molecule has 1 aromatic heterocycles. The summed E-state index contributed by atoms with van der Waals surface area (Å²) < 4.78 is 0. The molecule has 0 aliphatic carbocycles. The van der Waals surface area contributed by atoms with E-state index in [1.54, 1.807) is 49.6 Å². The average molecular weight is 348 g/mol. The Bertz CT molecular complexity index is 798. The molecule has 0 bridgehead atoms. The molecule has 0 radical (unpaired) electrons. The first-order chi connectivity index (χ1) is 10.9. The second-order valence-electron chi connectivity index (χ2n) is 5.64. The molecule has 1 unspecified atom stereocenters. The van der Waals surface area contributed by atoms with Gasteiger partial charge in [-0.2, -0.15) is 0 Å². The predicted molar refractivity (Wildman–Crippen MR) is 90.2 cm³/mol. The molecule has 0 spiro atoms. The number of nitrogens with zero attached hydrogens (tertiary/aromatic N) is 1. The van der Waals surface area contributed by atoms with E-state index in [0.717, 1.165) is 4.90 Å². The lowest BCUT2D eigenvalue weighted by Crippen LogP contribution is -2.39. The van der Waals surface area contributed by atoms with Crippen LogP contribution in [0.2, 0.25) is 5.02 Å². The Hall–Kier alpha value is -1.98. The highest BCUT2D eigenvalue weighted by Crippen LogP contribution is 2.41. The number of carbonyl (C=O) groups is 3. The summed E-state index contributed by atoms with van der Waals surface area (Å²) in [5.41, 5.74) is 0.947. The topological polar surface area (TPSA) is 54.5 Å². The van der Waals surface area contributed by atoms with Crippen LogP contribution in [0.5, 0.6) is 0 Å². The number of imide groups is 1. The van der Waals surface area contributed by atoms with Crippen LogP contribution < -0.4 is 4.90 Å². The van der Waals surface area contributed by atoms with Crippen LogP contribution in [-0.2, 0) is 9.59 Å². The molecule has 3 rings (SSSR count). The van der Waals surface area contributed by atoms with Crippen molar-refractivity contribution in [3.05, 3.63) is 51.2 Å². The van der Waals surface area contributed by atoms with Gasteiger partial charge in [0.15, 0.2) is 5.78 Å². The predicted octanol–water partition coefficient (Wildman–Crippen LogP) is 3.90. The Kier molecular flexibility index (Phi) is 4.08. The fourth-order valence-electron chi connectivity index (χ4n) is 2.64. The maximum absolute atomic E-state index is 12.8. The summed E-state index contributed by atoms with van der Waals surface area (Å²) in [6.45, 7) is 3.44. The van der Waals surface area contributed by atoms with Crippen LogP contribution in [0.1, 0.15) is 35.0 Å². The van der Waals surface area contributed by atoms with Crippen molar-refractivity contribution in [2.24, 2.45) is 5.92 Å². The molecule has 2 amide bonds. The van der Waals surface area contributed by atoms with E-state index in [4.69, 9.17) is 11.6 Å². The highest BCUT2D eigenvalue weighted by molar-refractivity contribution is 7.12. The zero-order valence-electron chi connectivity index (χ0n) is 12.6. The minimum absolute atomic E-state index is 0.299. The Morgan fingerprint density at radius 2 is 2.00 bits per heavy atom. The molecule has 1 atom stereocenters. The van der Waals surface area contributed by atoms with Gasteiger partial charge in [-0.3, -0.25) is 14.4 Å². The van der Waals surface area contributed by atoms with Crippen LogP contribution in [0, 0.1) is 5.92 Å². The molecule has 1 aliphatic heterocycles. The molecule has 2 aromatic rings. The lowest BCUT2D eigenvalue weighted by molar-refractivity contribution is -0.127. The molecule has 0 fully saturated rings. The van der Waals surface area contributed by atoms with Gasteiger partial charge in [0.1, 0.15) is 5.92 Å². The van der Waals surface area contributed by atoms with Gasteiger partial charge in [0.2, 0.25) is 11.8 Å². The Morgan fingerprint density at radius 3 is 2.61 bits per heavy atom. The number of carbonyl (C=O) groups excluding carboxylic acids is 3. The van der Waals surface area contributed by atoms with Gasteiger partial charge in [-0.1, -0.05) is 31.5 Å². The van der Waals surface area contributed by atoms with Gasteiger partial charge in [0, 0.05) is 10.9 Å². The average Bonchev–Trinajstić information content (AvgIpc) is 3.11. The van der Waals surface area contributed by atoms with Crippen molar-refractivity contribution in [1.29, 1.82) is 0 Å². The van der Waals surface area contributed by atoms with Gasteiger partial charge in [0.25, 0.3) is 0 Å². The highest BCUT2D eigenvalue weighted by atomic mass is 35.5. The van der Waals surface area contributed by atoms with Crippen LogP contribution in [0.4, 0.5) is 5.69 Å². The molecule has 23 heavy (non-hydrogen) atoms. The second kappa shape index (κ2) is 5.91. The number of anilines is 1. The molecule has 0 N–H and O–H groups in total. The van der Waals surface area contributed by atoms with Gasteiger partial charge in [-0.15, -0.1) is 11.3 Å². The van der Waals surface area contributed by atoms with E-state index in [-0.39, 0.29) is 17.6 Å². The molecular weight excluding hydrogens is 334 g/mol. The number of hydrogen-bond donors (Lipinski definition) is 0. The van der Waals surface area contributed by atoms with E-state index in [2.05, 4.69) is 0 Å². The summed E-state index contributed by atoms with van der Waals surface area (Å²) in [6, 6.07) is 8.27. The van der Waals surface area contributed by atoms with E-state index < -0.39 is 11.8 Å². The maximum atomic E-state index is 12.8. The summed E-state index contributed by atoms with van der Waals surface area (Å²) in [4.78, 5) is 39.6. The molecular formula is C17H14ClNO3S. The van der Waals surface area contributed by atoms with Crippen molar-refractivity contribution in [3.8, 4) is 0 Å². The van der Waals surface area contributed by atoms with Crippen LogP contribution in [0.25, 0.3) is 0 Å². The third-order valence-electron chi connectivity index (χ3n) is 3.75. The molecule has 1 aliphatic rings. The van der Waals surface area contributed by atoms with E-state index in [1.807, 2.05) is 0 Å². The van der Waals surface area contributed by atoms with Gasteiger partial charge >= 0.3 is 0 Å². The number of hydrogen-bond acceptors (Lipinski definition) is 4. The number of rotatable bonds is 3. The van der Waals surface area contributed by atoms with Gasteiger partial charge in [-0.05, 0) is 35.2 Å². The minimum Gasteiger partial charge on any atom is -0.292 e. The number of thiophene rings is 1. The molecule has 0 saturated heterocycles. The van der Waals surface area contributed by atoms with Crippen LogP contribution in [-0.4, -0.2) is 17.6 Å². The summed E-state index contributed by atoms with van der Waals surface area (Å²) in [5, 5.41) is 2.21. The van der Waals surface area contributed by atoms with Crippen molar-refractivity contribution >= 4 is 46.2 Å². The smallest absolute Gasteiger partial charge is 0.249 e. The maximum Gasteiger partial charge on any atom is 0.249 e. The summed E-state index contributed by atoms with van der Waals surface area (Å²) in [5.74, 6) is -2.48. The third-order valence-corrected chi connectivity index (χ3v) is 4.87. The standard InChI is InChI=1S/C17H14ClNO3S/c1-9(2)16(21)19-12-6-5-10(18)8-11(12)14(17(19)22)15(20)13-4-3-7-23-13/h3-9,14H,1-2H3. The molecule has 118 valence electrons. The first-order valence-corrected chi connectivity index (χ1v) is 8.42. The third kappa shape index (κ3) is 2.60. The summed E-state index contributed by atoms with van der Waals surface area (Å²) in [6.07, 6.45) is 0. The molecule has 1 aromatic carbocycles. The normalized spacial score (nSPS) is 16.8. The molecule has 2 heterocycles. The van der Waals surface area contributed by atoms with Crippen molar-refractivity contribution in [1.82, 2.24) is 0 Å². The minimum atomic E-state index is -1.01. The van der Waals surface area contributed by atoms with Crippen LogP contribution in [0.3, 0.4) is 0 Å². The Morgan fingerprint density at radius 1 is 1.26 bits per heavy atom. The van der Waals surface area contributed by atoms with Crippen molar-refractivity contribution in [2.45, 2.75) is 19.8 Å². The second-order valence-corrected chi connectivity index (χ2v) is 7.03. The fourth-order valence-corrected chi connectivity index (χ4v) is 3.52. The van der Waals surface area contributed by atoms with E-state index >= 15 is 0 Å². The SMILES string of the molecule is CC(C)C(=O)N1C(=O)C(C(=O)c2cccs2)c2cc(Cl)ccc21. The summed E-state index contributed by atoms with van der Waals surface area (Å²) in [7, 11) is 0. The number of Topliss-reactive ketones (excluding diaryl/α,β-unsaturated/α-hetero) is 1. The van der Waals surface area contributed by atoms with E-state index in [9.17, 15) is 14.4 Å². The zero-order valence-corrected chi connectivity index (χ0v) is 14.1. The number of halogens is 1. The Labute approximate surface area is 142 Å². The van der Waals surface area contributed by atoms with E-state index in [1.165, 1.54) is 11.3 Å². The number of ketones is 1. The van der Waals surface area contributed by atoms with Crippen LogP contribution >= 0.6 is 22.9 Å². The Balaban J connectivity index is 2.12. The fraction of sp³-hybridized carbons (Fsp3) is 0.235. The number of benzene rings is 1. The molecule has 6 heteroatoms. The molecule has 4 nitrogen and oxygen atoms in total. The van der Waals surface area contributed by atoms with Gasteiger partial charge in [-0.25, -0.2) is 4.90 Å². The highest BCUT2D eigenvalue weighted by Gasteiger charge is 2.45. The largest absolute Gasteiger partial charge is 0.292 e. The summed E-state index contributed by atoms with van der Waals surface area (Å²) >= 11 is 7.31. The van der Waals surface area contributed by atoms with Crippen molar-refractivity contribution in [3.63, 3.8) is 0 Å². The van der Waals surface area contributed by atoms with Gasteiger partial charge < -0.3 is 0 Å². The van der Waals surface area contributed by atoms with Gasteiger partial charge in [0.05, 0.1) is 10.6 Å². The zero-order chi connectivity index (χ0) is 16.7. The monoisotopic (exact) mass is 347 g/mol. The quantitative estimate of drug-likeness (QED) is 0.625. The number of amides is 2. The lowest BCUT2D eigenvalue weighted by Gasteiger charge is -2.18. The first-order valence-electron chi connectivity index (χ1n) is 7.16. The lowest BCUT2D eigenvalue weighted by atomic mass is 9.95. The van der Waals surface area contributed by atoms with E-state index in [0.29, 0.717) is 21.2 Å². The van der Waals surface area contributed by atoms with Crippen molar-refractivity contribution < 1.29 is 14.4 Å². The molecule has 0 saturated carbocycles. The van der Waals surface area contributed by atoms with Crippen LogP contribution in [0.15, 0.2) is 35.7 Å².